The van der Waals surface area contributed by atoms with Crippen LogP contribution in [0.1, 0.15) is 148 Å². The van der Waals surface area contributed by atoms with Gasteiger partial charge in [0.1, 0.15) is 11.5 Å². The summed E-state index contributed by atoms with van der Waals surface area (Å²) < 4.78 is 2.25. The van der Waals surface area contributed by atoms with E-state index in [4.69, 9.17) is 32.5 Å². The summed E-state index contributed by atoms with van der Waals surface area (Å²) in [5, 5.41) is 41.6. The number of halogens is 3. The number of phenolic OH excluding ortho intramolecular Hbond substituents is 2. The molecule has 472 valence electrons. The van der Waals surface area contributed by atoms with Crippen LogP contribution < -0.4 is 21.8 Å². The Balaban J connectivity index is 0.000000254. The lowest BCUT2D eigenvalue weighted by Gasteiger charge is -2.19. The number of nitrogens with one attached hydrogen (secondary N) is 2. The van der Waals surface area contributed by atoms with Crippen molar-refractivity contribution >= 4 is 90.2 Å². The van der Waals surface area contributed by atoms with E-state index in [1.54, 1.807) is 18.2 Å². The van der Waals surface area contributed by atoms with Gasteiger partial charge in [-0.2, -0.15) is 0 Å². The zero-order valence-corrected chi connectivity index (χ0v) is 58.5. The SMILES string of the molecule is CC(C)(C)c1ccc(CCC(=O)Cl)cc1.Cc1cc(N)cc(C)c1Br.Cc1cc(NC(=O)CCc2ccc(C(C)(C)C)cc2)cc(C)c1-c1cccc(O)c1.Cc1cc(NC(=O)CCc2ccc(C(C)(C)C)cc2)cc(C)c1Br.OB(O)c1cccc(O)c1. The van der Waals surface area contributed by atoms with Crippen molar-refractivity contribution in [3.63, 3.8) is 0 Å². The highest BCUT2D eigenvalue weighted by molar-refractivity contribution is 9.11. The Morgan fingerprint density at radius 3 is 1.10 bits per heavy atom. The van der Waals surface area contributed by atoms with Crippen LogP contribution in [0, 0.1) is 41.5 Å². The predicted molar refractivity (Wildman–Crippen MR) is 381 cm³/mol. The van der Waals surface area contributed by atoms with E-state index >= 15 is 0 Å². The monoisotopic (exact) mass is 1350 g/mol. The molecular weight excluding hydrogens is 1260 g/mol. The third kappa shape index (κ3) is 25.8. The van der Waals surface area contributed by atoms with Crippen LogP contribution >= 0.6 is 43.5 Å². The molecule has 0 aliphatic carbocycles. The molecule has 0 spiro atoms. The second-order valence-electron chi connectivity index (χ2n) is 25.7. The Kier molecular flexibility index (Phi) is 28.7. The van der Waals surface area contributed by atoms with Crippen LogP contribution in [-0.2, 0) is 49.9 Å². The van der Waals surface area contributed by atoms with E-state index in [1.165, 1.54) is 57.1 Å². The number of anilines is 3. The third-order valence-electron chi connectivity index (χ3n) is 14.7. The topological polar surface area (TPSA) is 182 Å². The van der Waals surface area contributed by atoms with Crippen LogP contribution in [0.25, 0.3) is 11.1 Å². The van der Waals surface area contributed by atoms with Crippen LogP contribution in [-0.4, -0.2) is 44.4 Å². The first-order chi connectivity index (χ1) is 41.5. The molecule has 0 unspecified atom stereocenters. The van der Waals surface area contributed by atoms with Crippen molar-refractivity contribution in [2.75, 3.05) is 16.4 Å². The van der Waals surface area contributed by atoms with Gasteiger partial charge < -0.3 is 36.6 Å². The predicted octanol–water partition coefficient (Wildman–Crippen LogP) is 17.9. The highest BCUT2D eigenvalue weighted by Gasteiger charge is 2.17. The molecule has 0 aromatic heterocycles. The quantitative estimate of drug-likeness (QED) is 0.0338. The normalized spacial score (nSPS) is 11.0. The molecule has 8 N–H and O–H groups in total. The fourth-order valence-electron chi connectivity index (χ4n) is 9.55. The molecule has 10 nitrogen and oxygen atoms in total. The minimum absolute atomic E-state index is 0.0128. The van der Waals surface area contributed by atoms with Crippen LogP contribution in [0.15, 0.2) is 167 Å². The highest BCUT2D eigenvalue weighted by Crippen LogP contribution is 2.33. The van der Waals surface area contributed by atoms with E-state index in [1.807, 2.05) is 90.1 Å². The molecule has 8 aromatic carbocycles. The number of phenols is 2. The standard InChI is InChI=1S/C27H31NO2.C21H26BrNO.C13H17ClO.C8H10BrN.C6H7BO3/c1-18-15-23(16-19(2)26(18)21-7-6-8-24(29)17-21)28-25(30)14-11-20-9-12-22(13-10-20)27(3,4)5;1-14-12-18(13-15(2)20(14)22)23-19(24)11-8-16-6-9-17(10-7-16)21(3,4)5;1-13(2,3)11-7-4-10(5-8-11)6-9-12(14)15;1-5-3-7(10)4-6(2)8(5)9;8-6-3-1-2-5(4-6)7(9)10/h6-10,12-13,15-17,29H,11,14H2,1-5H3,(H,28,30);6-7,9-10,12-13H,8,11H2,1-5H3,(H,23,24);4-5,7-8H,6,9H2,1-3H3;3-4H,10H2,1-2H3;1-4,8-10H. The summed E-state index contributed by atoms with van der Waals surface area (Å²) >= 11 is 12.3. The molecule has 8 rings (SSSR count). The van der Waals surface area contributed by atoms with Gasteiger partial charge in [-0.15, -0.1) is 0 Å². The van der Waals surface area contributed by atoms with Gasteiger partial charge in [-0.3, -0.25) is 14.4 Å². The maximum absolute atomic E-state index is 12.5. The molecule has 0 saturated heterocycles. The Bertz CT molecular complexity index is 3560. The number of aromatic hydroxyl groups is 2. The Hall–Kier alpha value is -7.00. The van der Waals surface area contributed by atoms with Crippen LogP contribution in [0.5, 0.6) is 11.5 Å². The second-order valence-corrected chi connectivity index (χ2v) is 27.7. The zero-order chi connectivity index (χ0) is 66.6. The number of rotatable bonds is 13. The molecule has 14 heteroatoms. The molecule has 2 amide bonds. The maximum atomic E-state index is 12.5. The fourth-order valence-corrected chi connectivity index (χ4v) is 10.1. The first-order valence-electron chi connectivity index (χ1n) is 29.9. The largest absolute Gasteiger partial charge is 0.508 e. The van der Waals surface area contributed by atoms with Crippen molar-refractivity contribution in [1.29, 1.82) is 0 Å². The lowest BCUT2D eigenvalue weighted by Crippen LogP contribution is -2.29. The summed E-state index contributed by atoms with van der Waals surface area (Å²) in [6.45, 7) is 32.0. The van der Waals surface area contributed by atoms with Gasteiger partial charge in [0.2, 0.25) is 17.1 Å². The van der Waals surface area contributed by atoms with Crippen LogP contribution in [0.4, 0.5) is 17.1 Å². The number of aryl methyl sites for hydroxylation is 9. The number of carbonyl (C=O) groups is 3. The highest BCUT2D eigenvalue weighted by atomic mass is 79.9. The molecular formula is C75H91BBr2ClN3O7. The average Bonchev–Trinajstić information content (AvgIpc) is 2.60. The zero-order valence-electron chi connectivity index (χ0n) is 54.6. The van der Waals surface area contributed by atoms with Crippen molar-refractivity contribution in [3.8, 4) is 22.6 Å². The van der Waals surface area contributed by atoms with E-state index in [0.717, 1.165) is 84.2 Å². The molecule has 0 aliphatic rings. The summed E-state index contributed by atoms with van der Waals surface area (Å²) in [6, 6.07) is 50.4. The average molecular weight is 1350 g/mol. The van der Waals surface area contributed by atoms with Gasteiger partial charge in [0, 0.05) is 45.3 Å². The van der Waals surface area contributed by atoms with Gasteiger partial charge in [0.15, 0.2) is 0 Å². The molecule has 0 heterocycles. The second kappa shape index (κ2) is 34.3. The molecule has 0 bridgehead atoms. The summed E-state index contributed by atoms with van der Waals surface area (Å²) in [5.74, 6) is 0.347. The Morgan fingerprint density at radius 2 is 0.787 bits per heavy atom. The summed E-state index contributed by atoms with van der Waals surface area (Å²) in [5.41, 5.74) is 25.2. The van der Waals surface area contributed by atoms with Crippen LogP contribution in [0.3, 0.4) is 0 Å². The van der Waals surface area contributed by atoms with Crippen LogP contribution in [0.2, 0.25) is 0 Å². The number of hydrogen-bond acceptors (Lipinski definition) is 8. The number of benzene rings is 8. The van der Waals surface area contributed by atoms with E-state index in [-0.39, 0.29) is 44.8 Å². The first-order valence-corrected chi connectivity index (χ1v) is 31.9. The lowest BCUT2D eigenvalue weighted by molar-refractivity contribution is -0.117. The van der Waals surface area contributed by atoms with Gasteiger partial charge in [-0.1, -0.05) is 191 Å². The van der Waals surface area contributed by atoms with E-state index in [0.29, 0.717) is 24.7 Å². The van der Waals surface area contributed by atoms with Crippen molar-refractivity contribution in [3.05, 3.63) is 233 Å². The maximum Gasteiger partial charge on any atom is 0.488 e. The summed E-state index contributed by atoms with van der Waals surface area (Å²) in [6.07, 6.45) is 3.55. The Morgan fingerprint density at radius 1 is 0.461 bits per heavy atom. The number of amides is 2. The van der Waals surface area contributed by atoms with Crippen molar-refractivity contribution < 1.29 is 34.6 Å². The van der Waals surface area contributed by atoms with E-state index in [2.05, 4.69) is 178 Å². The number of hydrogen-bond donors (Lipinski definition) is 7. The van der Waals surface area contributed by atoms with Gasteiger partial charge in [-0.25, -0.2) is 0 Å². The van der Waals surface area contributed by atoms with E-state index in [9.17, 15) is 19.5 Å². The van der Waals surface area contributed by atoms with E-state index < -0.39 is 7.12 Å². The third-order valence-corrected chi connectivity index (χ3v) is 17.3. The van der Waals surface area contributed by atoms with Gasteiger partial charge in [0.25, 0.3) is 0 Å². The minimum atomic E-state index is -1.51. The molecule has 0 radical (unpaired) electrons. The number of nitrogen functional groups attached to an aromatic ring is 1. The summed E-state index contributed by atoms with van der Waals surface area (Å²) in [4.78, 5) is 35.3. The van der Waals surface area contributed by atoms with Crippen molar-refractivity contribution in [1.82, 2.24) is 0 Å². The molecule has 8 aromatic rings. The molecule has 0 atom stereocenters. The first kappa shape index (κ1) is 74.5. The minimum Gasteiger partial charge on any atom is -0.508 e. The molecule has 0 saturated carbocycles. The molecule has 89 heavy (non-hydrogen) atoms. The fraction of sp³-hybridized carbons (Fsp3) is 0.320. The smallest absolute Gasteiger partial charge is 0.488 e. The van der Waals surface area contributed by atoms with Crippen molar-refractivity contribution in [2.24, 2.45) is 0 Å². The van der Waals surface area contributed by atoms with Gasteiger partial charge >= 0.3 is 7.12 Å². The molecule has 0 aliphatic heterocycles. The number of nitrogens with two attached hydrogens (primary N) is 1. The molecule has 0 fully saturated rings. The summed E-state index contributed by atoms with van der Waals surface area (Å²) in [7, 11) is -1.51. The lowest BCUT2D eigenvalue weighted by atomic mass is 9.80. The van der Waals surface area contributed by atoms with Crippen molar-refractivity contribution in [2.45, 2.75) is 159 Å². The van der Waals surface area contributed by atoms with Gasteiger partial charge in [0.05, 0.1) is 0 Å². The Labute approximate surface area is 552 Å². The van der Waals surface area contributed by atoms with Gasteiger partial charge in [-0.05, 0) is 233 Å². The number of carbonyl (C=O) groups excluding carboxylic acids is 3.